The van der Waals surface area contributed by atoms with E-state index in [2.05, 4.69) is 47.1 Å². The second kappa shape index (κ2) is 6.20. The predicted molar refractivity (Wildman–Crippen MR) is 80.9 cm³/mol. The van der Waals surface area contributed by atoms with Gasteiger partial charge >= 0.3 is 0 Å². The Hall–Kier alpha value is -0.350. The molecule has 1 N–H and O–H groups in total. The van der Waals surface area contributed by atoms with Crippen LogP contribution in [-0.2, 0) is 13.5 Å². The molecular formula is C14H26BrN3. The molecule has 0 aliphatic heterocycles. The van der Waals surface area contributed by atoms with Gasteiger partial charge in [0.15, 0.2) is 0 Å². The number of hydrogen-bond acceptors (Lipinski definition) is 2. The van der Waals surface area contributed by atoms with Crippen LogP contribution in [0.3, 0.4) is 0 Å². The lowest BCUT2D eigenvalue weighted by atomic mass is 9.88. The number of rotatable bonds is 5. The van der Waals surface area contributed by atoms with Crippen LogP contribution in [0.25, 0.3) is 0 Å². The highest BCUT2D eigenvalue weighted by atomic mass is 79.9. The minimum Gasteiger partial charge on any atom is -0.317 e. The van der Waals surface area contributed by atoms with E-state index >= 15 is 0 Å². The minimum atomic E-state index is 0.398. The molecule has 0 bridgehead atoms. The smallest absolute Gasteiger partial charge is 0.0738 e. The van der Waals surface area contributed by atoms with Gasteiger partial charge in [-0.25, -0.2) is 0 Å². The third-order valence-electron chi connectivity index (χ3n) is 3.35. The fourth-order valence-corrected chi connectivity index (χ4v) is 2.59. The molecule has 0 amide bonds. The highest BCUT2D eigenvalue weighted by Crippen LogP contribution is 2.25. The maximum Gasteiger partial charge on any atom is 0.0738 e. The summed E-state index contributed by atoms with van der Waals surface area (Å²) >= 11 is 3.64. The van der Waals surface area contributed by atoms with E-state index in [1.807, 2.05) is 25.7 Å². The fourth-order valence-electron chi connectivity index (χ4n) is 2.09. The highest BCUT2D eigenvalue weighted by molar-refractivity contribution is 9.10. The largest absolute Gasteiger partial charge is 0.317 e. The zero-order chi connectivity index (χ0) is 13.9. The van der Waals surface area contributed by atoms with Crippen LogP contribution in [0, 0.1) is 12.3 Å². The number of nitrogens with zero attached hydrogens (tertiary/aromatic N) is 2. The van der Waals surface area contributed by atoms with Gasteiger partial charge in [0.05, 0.1) is 15.9 Å². The molecule has 1 aromatic rings. The lowest BCUT2D eigenvalue weighted by molar-refractivity contribution is 0.333. The van der Waals surface area contributed by atoms with Crippen LogP contribution in [0.15, 0.2) is 4.47 Å². The quantitative estimate of drug-likeness (QED) is 0.902. The van der Waals surface area contributed by atoms with Crippen LogP contribution < -0.4 is 5.32 Å². The first-order chi connectivity index (χ1) is 8.24. The Bertz CT molecular complexity index is 390. The Balaban J connectivity index is 2.68. The average Bonchev–Trinajstić information content (AvgIpc) is 2.48. The van der Waals surface area contributed by atoms with Crippen LogP contribution >= 0.6 is 15.9 Å². The molecule has 0 aliphatic rings. The van der Waals surface area contributed by atoms with Gasteiger partial charge in [-0.15, -0.1) is 0 Å². The molecule has 3 nitrogen and oxygen atoms in total. The standard InChI is InChI=1S/C14H26BrN3/c1-10-13(15)12(18(6)17-10)9-11(16-5)7-8-14(2,3)4/h11,16H,7-9H2,1-6H3. The Morgan fingerprint density at radius 1 is 1.39 bits per heavy atom. The van der Waals surface area contributed by atoms with Gasteiger partial charge < -0.3 is 5.32 Å². The predicted octanol–water partition coefficient (Wildman–Crippen LogP) is 3.45. The molecule has 1 aromatic heterocycles. The van der Waals surface area contributed by atoms with Gasteiger partial charge in [-0.05, 0) is 48.2 Å². The number of hydrogen-bond donors (Lipinski definition) is 1. The molecule has 18 heavy (non-hydrogen) atoms. The van der Waals surface area contributed by atoms with Crippen molar-refractivity contribution in [2.75, 3.05) is 7.05 Å². The number of nitrogens with one attached hydrogen (secondary N) is 1. The molecule has 0 saturated carbocycles. The topological polar surface area (TPSA) is 29.9 Å². The highest BCUT2D eigenvalue weighted by Gasteiger charge is 2.18. The molecule has 0 aliphatic carbocycles. The van der Waals surface area contributed by atoms with Crippen LogP contribution in [0.1, 0.15) is 45.0 Å². The molecule has 0 aromatic carbocycles. The molecule has 104 valence electrons. The van der Waals surface area contributed by atoms with Crippen molar-refractivity contribution in [3.63, 3.8) is 0 Å². The summed E-state index contributed by atoms with van der Waals surface area (Å²) in [7, 11) is 4.06. The van der Waals surface area contributed by atoms with Gasteiger partial charge in [0, 0.05) is 19.5 Å². The van der Waals surface area contributed by atoms with Gasteiger partial charge in [-0.3, -0.25) is 4.68 Å². The lowest BCUT2D eigenvalue weighted by Gasteiger charge is -2.23. The first kappa shape index (κ1) is 15.7. The maximum absolute atomic E-state index is 4.45. The van der Waals surface area contributed by atoms with Crippen molar-refractivity contribution in [1.29, 1.82) is 0 Å². The van der Waals surface area contributed by atoms with Crippen molar-refractivity contribution in [2.45, 2.75) is 53.0 Å². The van der Waals surface area contributed by atoms with Gasteiger partial charge in [0.25, 0.3) is 0 Å². The summed E-state index contributed by atoms with van der Waals surface area (Å²) in [5.74, 6) is 0. The SMILES string of the molecule is CNC(CCC(C)(C)C)Cc1c(Br)c(C)nn1C. The van der Waals surface area contributed by atoms with Crippen molar-refractivity contribution in [3.8, 4) is 0 Å². The van der Waals surface area contributed by atoms with Gasteiger partial charge in [-0.2, -0.15) is 5.10 Å². The molecule has 0 spiro atoms. The molecule has 0 radical (unpaired) electrons. The lowest BCUT2D eigenvalue weighted by Crippen LogP contribution is -2.29. The van der Waals surface area contributed by atoms with Crippen LogP contribution in [0.5, 0.6) is 0 Å². The second-order valence-electron chi connectivity index (χ2n) is 6.26. The maximum atomic E-state index is 4.45. The number of likely N-dealkylation sites (N-methyl/N-ethyl adjacent to an activating group) is 1. The molecule has 1 unspecified atom stereocenters. The summed E-state index contributed by atoms with van der Waals surface area (Å²) in [6.07, 6.45) is 3.44. The van der Waals surface area contributed by atoms with E-state index in [-0.39, 0.29) is 0 Å². The van der Waals surface area contributed by atoms with Gasteiger partial charge in [0.2, 0.25) is 0 Å². The number of aromatic nitrogens is 2. The van der Waals surface area contributed by atoms with Crippen LogP contribution in [0.4, 0.5) is 0 Å². The first-order valence-electron chi connectivity index (χ1n) is 6.60. The van der Waals surface area contributed by atoms with Crippen molar-refractivity contribution >= 4 is 15.9 Å². The van der Waals surface area contributed by atoms with E-state index in [1.54, 1.807) is 0 Å². The molecule has 1 rings (SSSR count). The fraction of sp³-hybridized carbons (Fsp3) is 0.786. The third-order valence-corrected chi connectivity index (χ3v) is 4.38. The normalized spacial score (nSPS) is 13.9. The van der Waals surface area contributed by atoms with E-state index in [0.29, 0.717) is 11.5 Å². The first-order valence-corrected chi connectivity index (χ1v) is 7.39. The second-order valence-corrected chi connectivity index (χ2v) is 7.05. The van der Waals surface area contributed by atoms with Crippen LogP contribution in [-0.4, -0.2) is 22.9 Å². The van der Waals surface area contributed by atoms with Gasteiger partial charge in [0.1, 0.15) is 0 Å². The summed E-state index contributed by atoms with van der Waals surface area (Å²) in [6, 6.07) is 0.510. The third kappa shape index (κ3) is 4.39. The summed E-state index contributed by atoms with van der Waals surface area (Å²) in [6.45, 7) is 8.93. The molecular weight excluding hydrogens is 290 g/mol. The number of aryl methyl sites for hydroxylation is 2. The number of halogens is 1. The zero-order valence-electron chi connectivity index (χ0n) is 12.5. The van der Waals surface area contributed by atoms with Crippen molar-refractivity contribution in [2.24, 2.45) is 12.5 Å². The van der Waals surface area contributed by atoms with Crippen LogP contribution in [0.2, 0.25) is 0 Å². The Kier molecular flexibility index (Phi) is 5.41. The minimum absolute atomic E-state index is 0.398. The Labute approximate surface area is 119 Å². The summed E-state index contributed by atoms with van der Waals surface area (Å²) in [5, 5.41) is 7.87. The Morgan fingerprint density at radius 3 is 2.39 bits per heavy atom. The van der Waals surface area contributed by atoms with E-state index in [0.717, 1.165) is 16.6 Å². The average molecular weight is 316 g/mol. The van der Waals surface area contributed by atoms with Crippen molar-refractivity contribution in [1.82, 2.24) is 15.1 Å². The molecule has 4 heteroatoms. The molecule has 1 atom stereocenters. The zero-order valence-corrected chi connectivity index (χ0v) is 14.1. The summed E-state index contributed by atoms with van der Waals surface area (Å²) < 4.78 is 3.14. The van der Waals surface area contributed by atoms with Crippen molar-refractivity contribution in [3.05, 3.63) is 15.9 Å². The molecule has 0 saturated heterocycles. The summed E-state index contributed by atoms with van der Waals surface area (Å²) in [5.41, 5.74) is 2.74. The molecule has 0 fully saturated rings. The van der Waals surface area contributed by atoms with Crippen molar-refractivity contribution < 1.29 is 0 Å². The van der Waals surface area contributed by atoms with E-state index < -0.39 is 0 Å². The van der Waals surface area contributed by atoms with E-state index in [1.165, 1.54) is 18.5 Å². The molecule has 1 heterocycles. The van der Waals surface area contributed by atoms with E-state index in [9.17, 15) is 0 Å². The van der Waals surface area contributed by atoms with E-state index in [4.69, 9.17) is 0 Å². The van der Waals surface area contributed by atoms with Gasteiger partial charge in [-0.1, -0.05) is 20.8 Å². The summed E-state index contributed by atoms with van der Waals surface area (Å²) in [4.78, 5) is 0. The Morgan fingerprint density at radius 2 is 2.00 bits per heavy atom. The monoisotopic (exact) mass is 315 g/mol.